The molecule has 9 rings (SSSR count). The van der Waals surface area contributed by atoms with Crippen molar-refractivity contribution in [3.8, 4) is 45.6 Å². The van der Waals surface area contributed by atoms with Crippen LogP contribution < -0.4 is 21.3 Å². The van der Waals surface area contributed by atoms with Crippen molar-refractivity contribution in [2.45, 2.75) is 263 Å². The Hall–Kier alpha value is -9.57. The zero-order valence-corrected chi connectivity index (χ0v) is 71.0. The summed E-state index contributed by atoms with van der Waals surface area (Å²) in [5.74, 6) is 5.65. The van der Waals surface area contributed by atoms with Gasteiger partial charge in [-0.25, -0.2) is 9.59 Å². The molecular formula is C83H124N20O7S. The van der Waals surface area contributed by atoms with Crippen LogP contribution in [0.4, 0.5) is 21.0 Å². The summed E-state index contributed by atoms with van der Waals surface area (Å²) in [5, 5.41) is 78.5. The molecule has 4 aromatic carbocycles. The third-order valence-electron chi connectivity index (χ3n) is 15.8. The summed E-state index contributed by atoms with van der Waals surface area (Å²) < 4.78 is 16.7. The molecule has 4 N–H and O–H groups in total. The number of hydrogen-bond donors (Lipinski definition) is 4. The van der Waals surface area contributed by atoms with Crippen LogP contribution in [0, 0.1) is 16.7 Å². The van der Waals surface area contributed by atoms with E-state index in [-0.39, 0.29) is 52.9 Å². The van der Waals surface area contributed by atoms with E-state index in [0.717, 1.165) is 92.5 Å². The highest BCUT2D eigenvalue weighted by Gasteiger charge is 2.32. The zero-order valence-electron chi connectivity index (χ0n) is 70.2. The third-order valence-corrected chi connectivity index (χ3v) is 17.1. The maximum Gasteiger partial charge on any atom is 0.407 e. The smallest absolute Gasteiger partial charge is 0.407 e. The molecule has 8 aromatic rings. The van der Waals surface area contributed by atoms with Crippen molar-refractivity contribution >= 4 is 47.1 Å². The number of hydrogen-bond acceptors (Lipinski definition) is 24. The number of aryl methyl sites for hydroxylation is 2. The first-order chi connectivity index (χ1) is 52.4. The van der Waals surface area contributed by atoms with Gasteiger partial charge in [-0.2, -0.15) is 11.8 Å². The first kappa shape index (κ1) is 93.8. The fraction of sp³-hybridized carbons (Fsp3) is 0.566. The molecule has 111 heavy (non-hydrogen) atoms. The fourth-order valence-electron chi connectivity index (χ4n) is 9.80. The average molecular weight is 1550 g/mol. The van der Waals surface area contributed by atoms with Crippen molar-refractivity contribution in [3.05, 3.63) is 132 Å². The molecule has 0 bridgehead atoms. The number of carbonyl (C=O) groups is 4. The van der Waals surface area contributed by atoms with Crippen molar-refractivity contribution in [2.24, 2.45) is 16.7 Å². The molecule has 1 fully saturated rings. The van der Waals surface area contributed by atoms with E-state index in [1.807, 2.05) is 227 Å². The van der Waals surface area contributed by atoms with Crippen molar-refractivity contribution < 1.29 is 33.4 Å². The normalized spacial score (nSPS) is 13.8. The standard InChI is InChI=1S/C25H36N6O3.C22H32N6O3.C16H22N4O.C16H22N4S.2C2H6/c1-24(2,3)22(32)26-18-13-11-16(12-14-18)20-28-30-21(31-29-20)19-10-8-7-9-17(19)15-34-23(33)27-25(4,5)6;1-14(12-13-31-20(30)24-22(5,6)7)17-25-27-18(28-26-17)15-8-10-16(11-9-15)23-19(29)21(2,3)4;2*1-16(2,3)21-12-8-7-11-14-17-19-15(20-18-14)13-9-5-4-6-10-13;2*1-2/h11-14,17,19H,7-10,15H2,1-6H3,(H,26,32)(H,27,33);8-11,14H,12-13H2,1-7H3,(H,23,29)(H,24,30);2*4-6,9-10H,7-8,11-12H2,1-3H3;2*1-2H3. The lowest BCUT2D eigenvalue weighted by Gasteiger charge is -2.30. The summed E-state index contributed by atoms with van der Waals surface area (Å²) in [6.45, 7) is 46.8. The molecular weight excluding hydrogens is 1420 g/mol. The summed E-state index contributed by atoms with van der Waals surface area (Å²) in [7, 11) is 0. The van der Waals surface area contributed by atoms with Crippen molar-refractivity contribution in [1.82, 2.24) is 92.2 Å². The van der Waals surface area contributed by atoms with Crippen LogP contribution in [0.3, 0.4) is 0 Å². The summed E-state index contributed by atoms with van der Waals surface area (Å²) in [4.78, 5) is 48.0. The topological polar surface area (TPSA) is 350 Å². The summed E-state index contributed by atoms with van der Waals surface area (Å²) >= 11 is 2.00. The van der Waals surface area contributed by atoms with E-state index < -0.39 is 23.0 Å². The highest BCUT2D eigenvalue weighted by Crippen LogP contribution is 2.37. The van der Waals surface area contributed by atoms with Crippen LogP contribution in [0.1, 0.15) is 252 Å². The van der Waals surface area contributed by atoms with Crippen LogP contribution in [0.2, 0.25) is 0 Å². The molecule has 1 aliphatic carbocycles. The number of anilines is 2. The fourth-order valence-corrected chi connectivity index (χ4v) is 10.8. The van der Waals surface area contributed by atoms with Crippen molar-refractivity contribution in [1.29, 1.82) is 0 Å². The number of alkyl carbamates (subject to hydrolysis) is 2. The molecule has 3 atom stereocenters. The molecule has 0 radical (unpaired) electrons. The maximum absolute atomic E-state index is 12.2. The lowest BCUT2D eigenvalue weighted by Crippen LogP contribution is -2.41. The van der Waals surface area contributed by atoms with Gasteiger partial charge in [0.2, 0.25) is 35.1 Å². The van der Waals surface area contributed by atoms with Crippen LogP contribution in [0.15, 0.2) is 109 Å². The molecule has 0 spiro atoms. The summed E-state index contributed by atoms with van der Waals surface area (Å²) in [6.07, 6.45) is 9.56. The molecule has 27 nitrogen and oxygen atoms in total. The van der Waals surface area contributed by atoms with Crippen LogP contribution in [0.25, 0.3) is 45.6 Å². The minimum absolute atomic E-state index is 0.0499. The lowest BCUT2D eigenvalue weighted by molar-refractivity contribution is -0.123. The number of ether oxygens (including phenoxy) is 3. The first-order valence-corrected chi connectivity index (χ1v) is 39.7. The Morgan fingerprint density at radius 3 is 1.22 bits per heavy atom. The van der Waals surface area contributed by atoms with Crippen LogP contribution in [-0.4, -0.2) is 153 Å². The molecule has 0 aliphatic heterocycles. The third kappa shape index (κ3) is 37.8. The van der Waals surface area contributed by atoms with Gasteiger partial charge in [-0.15, -0.1) is 81.6 Å². The van der Waals surface area contributed by atoms with Crippen LogP contribution in [-0.2, 0) is 36.6 Å². The summed E-state index contributed by atoms with van der Waals surface area (Å²) in [5.41, 5.74) is 3.11. The van der Waals surface area contributed by atoms with E-state index in [4.69, 9.17) is 14.2 Å². The number of benzene rings is 4. The van der Waals surface area contributed by atoms with Crippen molar-refractivity contribution in [3.63, 3.8) is 0 Å². The number of nitrogens with zero attached hydrogens (tertiary/aromatic N) is 16. The maximum atomic E-state index is 12.2. The second kappa shape index (κ2) is 46.3. The van der Waals surface area contributed by atoms with Crippen LogP contribution in [0.5, 0.6) is 0 Å². The second-order valence-corrected chi connectivity index (χ2v) is 34.3. The SMILES string of the molecule is CC.CC.CC(C)(C)NC(=O)OCC1CCCCC1c1nnc(-c2ccc(NC(=O)C(C)(C)C)cc2)nn1.CC(C)(C)OCCCCc1nnc(-c2ccccc2)nn1.CC(C)(C)SCCCCc1nnc(-c2ccccc2)nn1.CC(CCOC(=O)NC(C)(C)C)c1nnc(-c2ccc(NC(=O)C(C)(C)C)cc2)nn1. The van der Waals surface area contributed by atoms with Gasteiger partial charge in [0.1, 0.15) is 0 Å². The number of rotatable bonds is 23. The predicted molar refractivity (Wildman–Crippen MR) is 441 cm³/mol. The van der Waals surface area contributed by atoms with Gasteiger partial charge in [-0.05, 0) is 162 Å². The number of nitrogens with one attached hydrogen (secondary N) is 4. The lowest BCUT2D eigenvalue weighted by atomic mass is 9.79. The van der Waals surface area contributed by atoms with E-state index >= 15 is 0 Å². The Balaban J connectivity index is 0.000000313. The molecule has 28 heteroatoms. The molecule has 604 valence electrons. The largest absolute Gasteiger partial charge is 0.450 e. The van der Waals surface area contributed by atoms with Gasteiger partial charge in [0, 0.05) is 97.5 Å². The average Bonchev–Trinajstić information content (AvgIpc) is 0.825. The Kier molecular flexibility index (Phi) is 39.1. The van der Waals surface area contributed by atoms with E-state index in [1.165, 1.54) is 12.2 Å². The number of carbonyl (C=O) groups excluding carboxylic acids is 4. The molecule has 4 amide bonds. The van der Waals surface area contributed by atoms with Gasteiger partial charge < -0.3 is 35.5 Å². The molecule has 1 aliphatic rings. The number of unbranched alkanes of at least 4 members (excludes halogenated alkanes) is 2. The molecule has 3 unspecified atom stereocenters. The van der Waals surface area contributed by atoms with Gasteiger partial charge in [-0.1, -0.05) is 170 Å². The van der Waals surface area contributed by atoms with E-state index in [0.29, 0.717) is 69.9 Å². The van der Waals surface area contributed by atoms with Gasteiger partial charge in [0.05, 0.1) is 18.8 Å². The Morgan fingerprint density at radius 1 is 0.441 bits per heavy atom. The van der Waals surface area contributed by atoms with Gasteiger partial charge >= 0.3 is 12.2 Å². The highest BCUT2D eigenvalue weighted by molar-refractivity contribution is 8.00. The van der Waals surface area contributed by atoms with Crippen LogP contribution >= 0.6 is 11.8 Å². The number of thioether (sulfide) groups is 1. The molecule has 4 heterocycles. The van der Waals surface area contributed by atoms with E-state index in [1.54, 1.807) is 12.1 Å². The van der Waals surface area contributed by atoms with Gasteiger partial charge in [-0.3, -0.25) is 9.59 Å². The van der Waals surface area contributed by atoms with E-state index in [2.05, 4.69) is 144 Å². The first-order valence-electron chi connectivity index (χ1n) is 38.8. The van der Waals surface area contributed by atoms with E-state index in [9.17, 15) is 19.2 Å². The minimum Gasteiger partial charge on any atom is -0.450 e. The monoisotopic (exact) mass is 1540 g/mol. The Bertz CT molecular complexity index is 3860. The molecule has 4 aromatic heterocycles. The minimum atomic E-state index is -0.469. The van der Waals surface area contributed by atoms with Gasteiger partial charge in [0.25, 0.3) is 0 Å². The predicted octanol–water partition coefficient (Wildman–Crippen LogP) is 17.6. The summed E-state index contributed by atoms with van der Waals surface area (Å²) in [6, 6.07) is 34.0. The molecule has 0 saturated heterocycles. The Labute approximate surface area is 663 Å². The zero-order chi connectivity index (χ0) is 82.4. The highest BCUT2D eigenvalue weighted by atomic mass is 32.2. The quantitative estimate of drug-likeness (QED) is 0.0432. The van der Waals surface area contributed by atoms with Crippen molar-refractivity contribution in [2.75, 3.05) is 36.2 Å². The number of amides is 4. The second-order valence-electron chi connectivity index (χ2n) is 32.4. The number of aromatic nitrogens is 16. The Morgan fingerprint density at radius 2 is 0.820 bits per heavy atom. The molecule has 1 saturated carbocycles. The van der Waals surface area contributed by atoms with Gasteiger partial charge in [0.15, 0.2) is 23.3 Å².